The van der Waals surface area contributed by atoms with Crippen molar-refractivity contribution < 1.29 is 9.18 Å². The van der Waals surface area contributed by atoms with Gasteiger partial charge >= 0.3 is 0 Å². The molecule has 0 radical (unpaired) electrons. The number of carbonyl (C=O) groups is 1. The number of hydrogen-bond acceptors (Lipinski definition) is 2. The van der Waals surface area contributed by atoms with Crippen LogP contribution in [0.5, 0.6) is 0 Å². The molecular formula is C16H15BrFNO. The van der Waals surface area contributed by atoms with Crippen LogP contribution in [-0.2, 0) is 17.6 Å². The number of carbonyl (C=O) groups excluding carboxylic acids is 1. The van der Waals surface area contributed by atoms with Gasteiger partial charge in [0.1, 0.15) is 11.6 Å². The van der Waals surface area contributed by atoms with Crippen LogP contribution in [0.3, 0.4) is 0 Å². The number of anilines is 1. The largest absolute Gasteiger partial charge is 0.399 e. The van der Waals surface area contributed by atoms with Crippen LogP contribution in [0.4, 0.5) is 10.1 Å². The lowest BCUT2D eigenvalue weighted by molar-refractivity contribution is -0.118. The van der Waals surface area contributed by atoms with Crippen LogP contribution >= 0.6 is 15.9 Å². The predicted octanol–water partition coefficient (Wildman–Crippen LogP) is 3.91. The summed E-state index contributed by atoms with van der Waals surface area (Å²) in [5.41, 5.74) is 8.09. The molecule has 0 aliphatic heterocycles. The van der Waals surface area contributed by atoms with E-state index in [4.69, 9.17) is 5.73 Å². The van der Waals surface area contributed by atoms with Crippen molar-refractivity contribution in [3.05, 3.63) is 63.9 Å². The van der Waals surface area contributed by atoms with Gasteiger partial charge in [-0.25, -0.2) is 4.39 Å². The number of aryl methyl sites for hydroxylation is 1. The maximum absolute atomic E-state index is 13.2. The minimum absolute atomic E-state index is 0.0966. The monoisotopic (exact) mass is 335 g/mol. The molecule has 0 aliphatic carbocycles. The lowest BCUT2D eigenvalue weighted by atomic mass is 10.0. The highest BCUT2D eigenvalue weighted by Crippen LogP contribution is 2.16. The molecule has 0 aromatic heterocycles. The quantitative estimate of drug-likeness (QED) is 0.841. The molecule has 2 aromatic carbocycles. The van der Waals surface area contributed by atoms with E-state index in [-0.39, 0.29) is 18.0 Å². The topological polar surface area (TPSA) is 43.1 Å². The van der Waals surface area contributed by atoms with Crippen molar-refractivity contribution in [3.8, 4) is 0 Å². The van der Waals surface area contributed by atoms with Gasteiger partial charge in [-0.15, -0.1) is 0 Å². The predicted molar refractivity (Wildman–Crippen MR) is 82.0 cm³/mol. The first-order valence-electron chi connectivity index (χ1n) is 6.34. The van der Waals surface area contributed by atoms with Crippen molar-refractivity contribution in [2.24, 2.45) is 0 Å². The van der Waals surface area contributed by atoms with Crippen molar-refractivity contribution in [1.29, 1.82) is 0 Å². The molecule has 104 valence electrons. The summed E-state index contributed by atoms with van der Waals surface area (Å²) in [5.74, 6) is -0.236. The molecule has 0 bridgehead atoms. The number of hydrogen-bond donors (Lipinski definition) is 1. The summed E-state index contributed by atoms with van der Waals surface area (Å²) >= 11 is 3.22. The Morgan fingerprint density at radius 1 is 1.10 bits per heavy atom. The zero-order chi connectivity index (χ0) is 14.5. The van der Waals surface area contributed by atoms with E-state index < -0.39 is 0 Å². The number of nitrogens with two attached hydrogens (primary N) is 1. The summed E-state index contributed by atoms with van der Waals surface area (Å²) in [4.78, 5) is 11.9. The van der Waals surface area contributed by atoms with Gasteiger partial charge < -0.3 is 5.73 Å². The van der Waals surface area contributed by atoms with E-state index in [0.29, 0.717) is 28.6 Å². The third kappa shape index (κ3) is 4.46. The zero-order valence-corrected chi connectivity index (χ0v) is 12.5. The Morgan fingerprint density at radius 3 is 2.45 bits per heavy atom. The SMILES string of the molecule is Nc1ccc(CCC(=O)Cc2cc(F)cc(Br)c2)cc1. The number of rotatable bonds is 5. The summed E-state index contributed by atoms with van der Waals surface area (Å²) in [6, 6.07) is 12.0. The Labute approximate surface area is 125 Å². The summed E-state index contributed by atoms with van der Waals surface area (Å²) in [5, 5.41) is 0. The van der Waals surface area contributed by atoms with Gasteiger partial charge in [0, 0.05) is 23.0 Å². The molecule has 2 rings (SSSR count). The van der Waals surface area contributed by atoms with E-state index in [1.54, 1.807) is 6.07 Å². The molecule has 20 heavy (non-hydrogen) atoms. The maximum atomic E-state index is 13.2. The molecule has 0 fully saturated rings. The first-order chi connectivity index (χ1) is 9.52. The molecule has 0 amide bonds. The summed E-state index contributed by atoms with van der Waals surface area (Å²) in [7, 11) is 0. The van der Waals surface area contributed by atoms with Crippen LogP contribution in [0.1, 0.15) is 17.5 Å². The van der Waals surface area contributed by atoms with Crippen molar-refractivity contribution in [3.63, 3.8) is 0 Å². The minimum atomic E-state index is -0.333. The number of ketones is 1. The van der Waals surface area contributed by atoms with E-state index in [2.05, 4.69) is 15.9 Å². The van der Waals surface area contributed by atoms with Crippen LogP contribution < -0.4 is 5.73 Å². The standard InChI is InChI=1S/C16H15BrFNO/c17-13-7-12(8-14(18)10-13)9-16(20)6-3-11-1-4-15(19)5-2-11/h1-2,4-5,7-8,10H,3,6,9,19H2. The van der Waals surface area contributed by atoms with Gasteiger partial charge in [0.05, 0.1) is 0 Å². The highest BCUT2D eigenvalue weighted by Gasteiger charge is 2.06. The third-order valence-electron chi connectivity index (χ3n) is 3.00. The number of benzene rings is 2. The molecule has 2 nitrogen and oxygen atoms in total. The normalized spacial score (nSPS) is 10.5. The highest BCUT2D eigenvalue weighted by atomic mass is 79.9. The second kappa shape index (κ2) is 6.66. The Morgan fingerprint density at radius 2 is 1.80 bits per heavy atom. The molecule has 4 heteroatoms. The van der Waals surface area contributed by atoms with Gasteiger partial charge in [-0.2, -0.15) is 0 Å². The summed E-state index contributed by atoms with van der Waals surface area (Å²) in [6.07, 6.45) is 1.37. The van der Waals surface area contributed by atoms with E-state index >= 15 is 0 Å². The Hall–Kier alpha value is -1.68. The number of halogens is 2. The molecule has 2 aromatic rings. The molecule has 0 atom stereocenters. The molecule has 0 saturated carbocycles. The van der Waals surface area contributed by atoms with Gasteiger partial charge in [-0.3, -0.25) is 4.79 Å². The minimum Gasteiger partial charge on any atom is -0.399 e. The van der Waals surface area contributed by atoms with Crippen molar-refractivity contribution >= 4 is 27.4 Å². The third-order valence-corrected chi connectivity index (χ3v) is 3.45. The smallest absolute Gasteiger partial charge is 0.137 e. The molecule has 0 spiro atoms. The Kier molecular flexibility index (Phi) is 4.90. The lowest BCUT2D eigenvalue weighted by Crippen LogP contribution is -2.04. The van der Waals surface area contributed by atoms with E-state index in [9.17, 15) is 9.18 Å². The van der Waals surface area contributed by atoms with E-state index in [1.165, 1.54) is 12.1 Å². The van der Waals surface area contributed by atoms with Gasteiger partial charge in [-0.1, -0.05) is 28.1 Å². The number of nitrogen functional groups attached to an aromatic ring is 1. The molecule has 0 heterocycles. The fourth-order valence-corrected chi connectivity index (χ4v) is 2.51. The maximum Gasteiger partial charge on any atom is 0.137 e. The van der Waals surface area contributed by atoms with Crippen molar-refractivity contribution in [2.45, 2.75) is 19.3 Å². The lowest BCUT2D eigenvalue weighted by Gasteiger charge is -2.04. The molecule has 0 unspecified atom stereocenters. The zero-order valence-electron chi connectivity index (χ0n) is 10.9. The average Bonchev–Trinajstić information content (AvgIpc) is 2.37. The van der Waals surface area contributed by atoms with Gasteiger partial charge in [0.25, 0.3) is 0 Å². The fraction of sp³-hybridized carbons (Fsp3) is 0.188. The van der Waals surface area contributed by atoms with Crippen LogP contribution in [0.15, 0.2) is 46.9 Å². The van der Waals surface area contributed by atoms with E-state index in [0.717, 1.165) is 5.56 Å². The Bertz CT molecular complexity index is 590. The molecule has 2 N–H and O–H groups in total. The number of Topliss-reactive ketones (excluding diaryl/α,β-unsaturated/α-hetero) is 1. The first-order valence-corrected chi connectivity index (χ1v) is 7.13. The van der Waals surface area contributed by atoms with Gasteiger partial charge in [0.15, 0.2) is 0 Å². The Balaban J connectivity index is 1.90. The highest BCUT2D eigenvalue weighted by molar-refractivity contribution is 9.10. The molecule has 0 saturated heterocycles. The van der Waals surface area contributed by atoms with Crippen LogP contribution in [0, 0.1) is 5.82 Å². The average molecular weight is 336 g/mol. The van der Waals surface area contributed by atoms with Crippen molar-refractivity contribution in [1.82, 2.24) is 0 Å². The second-order valence-electron chi connectivity index (χ2n) is 4.73. The van der Waals surface area contributed by atoms with Gasteiger partial charge in [0.2, 0.25) is 0 Å². The molecule has 0 aliphatic rings. The van der Waals surface area contributed by atoms with Gasteiger partial charge in [-0.05, 0) is 47.9 Å². The van der Waals surface area contributed by atoms with Crippen LogP contribution in [-0.4, -0.2) is 5.78 Å². The summed E-state index contributed by atoms with van der Waals surface area (Å²) in [6.45, 7) is 0. The van der Waals surface area contributed by atoms with Crippen LogP contribution in [0.2, 0.25) is 0 Å². The van der Waals surface area contributed by atoms with Crippen LogP contribution in [0.25, 0.3) is 0 Å². The second-order valence-corrected chi connectivity index (χ2v) is 5.65. The fourth-order valence-electron chi connectivity index (χ4n) is 2.00. The first kappa shape index (κ1) is 14.7. The van der Waals surface area contributed by atoms with E-state index in [1.807, 2.05) is 24.3 Å². The van der Waals surface area contributed by atoms with Crippen molar-refractivity contribution in [2.75, 3.05) is 5.73 Å². The summed E-state index contributed by atoms with van der Waals surface area (Å²) < 4.78 is 13.9. The molecular weight excluding hydrogens is 321 g/mol.